The largest absolute Gasteiger partial charge is 0.454 e. The number of rotatable bonds is 13. The highest BCUT2D eigenvalue weighted by atomic mass is 127. The number of fused-ring (bicyclic) bond motifs is 6. The van der Waals surface area contributed by atoms with Gasteiger partial charge in [0.1, 0.15) is 11.2 Å². The average molecular weight is 1110 g/mol. The van der Waals surface area contributed by atoms with Crippen LogP contribution in [0.4, 0.5) is 34.1 Å². The van der Waals surface area contributed by atoms with E-state index in [-0.39, 0.29) is 11.8 Å². The zero-order valence-electron chi connectivity index (χ0n) is 45.1. The van der Waals surface area contributed by atoms with Gasteiger partial charge in [-0.15, -0.1) is 0 Å². The van der Waals surface area contributed by atoms with E-state index in [4.69, 9.17) is 8.83 Å². The van der Waals surface area contributed by atoms with Gasteiger partial charge >= 0.3 is 0 Å². The van der Waals surface area contributed by atoms with Gasteiger partial charge in [0.15, 0.2) is 11.2 Å². The van der Waals surface area contributed by atoms with E-state index in [1.54, 1.807) is 0 Å². The maximum absolute atomic E-state index is 7.34. The Morgan fingerprint density at radius 1 is 0.447 bits per heavy atom. The zero-order valence-corrected chi connectivity index (χ0v) is 47.2. The first-order valence-electron chi connectivity index (χ1n) is 28.1. The summed E-state index contributed by atoms with van der Waals surface area (Å²) in [4.78, 5) is 5.05. The number of anilines is 6. The van der Waals surface area contributed by atoms with Crippen molar-refractivity contribution in [2.45, 2.75) is 117 Å². The van der Waals surface area contributed by atoms with E-state index in [9.17, 15) is 0 Å². The topological polar surface area (TPSA) is 32.8 Å². The van der Waals surface area contributed by atoms with E-state index < -0.39 is 0 Å². The van der Waals surface area contributed by atoms with Gasteiger partial charge in [0.25, 0.3) is 0 Å². The lowest BCUT2D eigenvalue weighted by Crippen LogP contribution is -2.14. The fourth-order valence-corrected chi connectivity index (χ4v) is 14.4. The predicted molar refractivity (Wildman–Crippen MR) is 334 cm³/mol. The molecular formula is C71H67IN2O2. The zero-order chi connectivity index (χ0) is 51.9. The Kier molecular flexibility index (Phi) is 12.6. The van der Waals surface area contributed by atoms with Gasteiger partial charge in [-0.2, -0.15) is 0 Å². The lowest BCUT2D eigenvalue weighted by Gasteiger charge is -2.32. The van der Waals surface area contributed by atoms with E-state index in [0.29, 0.717) is 11.8 Å². The number of furan rings is 2. The molecular weight excluding hydrogens is 1040 g/mol. The molecule has 1 saturated carbocycles. The highest BCUT2D eigenvalue weighted by molar-refractivity contribution is 14.1. The third-order valence-corrected chi connectivity index (χ3v) is 18.3. The van der Waals surface area contributed by atoms with Gasteiger partial charge in [-0.05, 0) is 148 Å². The first-order chi connectivity index (χ1) is 37.1. The third-order valence-electron chi connectivity index (χ3n) is 17.2. The normalized spacial score (nSPS) is 14.1. The van der Waals surface area contributed by atoms with Crippen molar-refractivity contribution in [2.24, 2.45) is 0 Å². The minimum atomic E-state index is 0.243. The van der Waals surface area contributed by atoms with Crippen molar-refractivity contribution in [2.75, 3.05) is 14.2 Å². The summed E-state index contributed by atoms with van der Waals surface area (Å²) < 4.78 is 15.7. The minimum Gasteiger partial charge on any atom is -0.454 e. The van der Waals surface area contributed by atoms with E-state index in [1.165, 1.54) is 109 Å². The highest BCUT2D eigenvalue weighted by Gasteiger charge is 2.30. The van der Waals surface area contributed by atoms with Gasteiger partial charge in [-0.1, -0.05) is 204 Å². The van der Waals surface area contributed by atoms with Crippen molar-refractivity contribution in [3.63, 3.8) is 0 Å². The number of nitrogens with zero attached hydrogens (tertiary/aromatic N) is 2. The molecule has 2 heterocycles. The molecule has 1 aliphatic carbocycles. The summed E-state index contributed by atoms with van der Waals surface area (Å²) in [6.07, 6.45) is 8.58. The molecule has 1 unspecified atom stereocenters. The van der Waals surface area contributed by atoms with Crippen molar-refractivity contribution in [3.8, 4) is 0 Å². The van der Waals surface area contributed by atoms with Crippen LogP contribution in [0.2, 0.25) is 0 Å². The van der Waals surface area contributed by atoms with Crippen LogP contribution in [0.15, 0.2) is 167 Å². The molecule has 380 valence electrons. The minimum absolute atomic E-state index is 0.243. The molecule has 0 saturated heterocycles. The van der Waals surface area contributed by atoms with E-state index >= 15 is 0 Å². The lowest BCUT2D eigenvalue weighted by atomic mass is 9.83. The first-order valence-corrected chi connectivity index (χ1v) is 29.6. The van der Waals surface area contributed by atoms with Crippen LogP contribution in [0.5, 0.6) is 0 Å². The monoisotopic (exact) mass is 1110 g/mol. The summed E-state index contributed by atoms with van der Waals surface area (Å²) in [5.41, 5.74) is 18.3. The Balaban J connectivity index is 1.11. The number of hydrogen-bond donors (Lipinski definition) is 0. The van der Waals surface area contributed by atoms with Crippen LogP contribution in [0, 0.1) is 13.8 Å². The van der Waals surface area contributed by atoms with Gasteiger partial charge in [0, 0.05) is 48.1 Å². The van der Waals surface area contributed by atoms with Gasteiger partial charge < -0.3 is 18.6 Å². The summed E-state index contributed by atoms with van der Waals surface area (Å²) >= 11 is 2.57. The summed E-state index contributed by atoms with van der Waals surface area (Å²) in [5.74, 6) is 1.43. The molecule has 1 aliphatic rings. The smallest absolute Gasteiger partial charge is 0.159 e. The molecule has 0 radical (unpaired) electrons. The standard InChI is InChI=1S/C71H67IN2O2/c1-8-20-47(41-72)49-26-17-28-53-55-30-19-34-63(71(55)76-69(49)53)74(61-32-15-13-22-45(61)7)65-40-59(43(4)5)51-35-37-56-64(39-58(42(2)3)50-36-38-57(65)67(51)66(50)56)73(60-31-14-12-21-44(60)6)62-33-18-29-54-52-27-16-25-48(68(52)75-70(54)62)46-23-10-9-11-24-46/h12-19,21-22,25-40,42-43,46-47H,8-11,20,23-24,41H2,1-7H3. The Bertz CT molecular complexity index is 3910. The molecule has 0 amide bonds. The Labute approximate surface area is 461 Å². The highest BCUT2D eigenvalue weighted by Crippen LogP contribution is 2.54. The molecule has 0 spiro atoms. The van der Waals surface area contributed by atoms with Crippen LogP contribution in [-0.4, -0.2) is 4.43 Å². The van der Waals surface area contributed by atoms with Crippen molar-refractivity contribution < 1.29 is 8.83 Å². The van der Waals surface area contributed by atoms with Gasteiger partial charge in [-0.25, -0.2) is 0 Å². The number of aryl methyl sites for hydroxylation is 2. The van der Waals surface area contributed by atoms with Crippen molar-refractivity contribution >= 4 is 133 Å². The molecule has 1 atom stereocenters. The maximum Gasteiger partial charge on any atom is 0.159 e. The van der Waals surface area contributed by atoms with Crippen LogP contribution in [0.3, 0.4) is 0 Å². The SMILES string of the molecule is CCCC(CI)c1cccc2c1oc1c(N(c3ccccc3C)c3cc(C(C)C)c4ccc5c(N(c6ccccc6C)c6cccc7c6oc6c(C8CCCCC8)cccc67)cc(C(C)C)c6ccc3c4c65)cccc12. The van der Waals surface area contributed by atoms with Gasteiger partial charge in [0.2, 0.25) is 0 Å². The van der Waals surface area contributed by atoms with Crippen LogP contribution < -0.4 is 9.80 Å². The van der Waals surface area contributed by atoms with E-state index in [1.807, 2.05) is 0 Å². The fourth-order valence-electron chi connectivity index (χ4n) is 13.5. The molecule has 13 rings (SSSR count). The molecule has 0 bridgehead atoms. The van der Waals surface area contributed by atoms with Crippen molar-refractivity contribution in [1.29, 1.82) is 0 Å². The lowest BCUT2D eigenvalue weighted by molar-refractivity contribution is 0.442. The number of benzene rings is 10. The first kappa shape index (κ1) is 48.8. The average Bonchev–Trinajstić information content (AvgIpc) is 4.05. The van der Waals surface area contributed by atoms with Gasteiger partial charge in [-0.3, -0.25) is 0 Å². The van der Waals surface area contributed by atoms with Crippen LogP contribution in [-0.2, 0) is 0 Å². The van der Waals surface area contributed by atoms with Crippen LogP contribution >= 0.6 is 22.6 Å². The Hall–Kier alpha value is -6.83. The second-order valence-electron chi connectivity index (χ2n) is 22.5. The summed E-state index contributed by atoms with van der Waals surface area (Å²) in [5, 5.41) is 12.3. The fraction of sp³-hybridized carbons (Fsp3) is 0.268. The van der Waals surface area contributed by atoms with Gasteiger partial charge in [0.05, 0.1) is 22.7 Å². The van der Waals surface area contributed by atoms with E-state index in [2.05, 4.69) is 239 Å². The predicted octanol–water partition coefficient (Wildman–Crippen LogP) is 22.6. The number of hydrogen-bond acceptors (Lipinski definition) is 4. The molecule has 0 aliphatic heterocycles. The van der Waals surface area contributed by atoms with Crippen LogP contribution in [0.1, 0.15) is 137 Å². The molecule has 4 nitrogen and oxygen atoms in total. The molecule has 0 N–H and O–H groups in total. The molecule has 1 fully saturated rings. The molecule has 10 aromatic carbocycles. The number of alkyl halides is 1. The van der Waals surface area contributed by atoms with Crippen LogP contribution in [0.25, 0.3) is 76.2 Å². The summed E-state index contributed by atoms with van der Waals surface area (Å²) in [6, 6.07) is 59.6. The quantitative estimate of drug-likeness (QED) is 0.0654. The van der Waals surface area contributed by atoms with E-state index in [0.717, 1.165) is 84.5 Å². The molecule has 76 heavy (non-hydrogen) atoms. The Morgan fingerprint density at radius 3 is 1.39 bits per heavy atom. The molecule has 2 aromatic heterocycles. The number of halogens is 1. The molecule has 5 heteroatoms. The molecule has 12 aromatic rings. The van der Waals surface area contributed by atoms with Crippen molar-refractivity contribution in [1.82, 2.24) is 0 Å². The second-order valence-corrected chi connectivity index (χ2v) is 23.4. The summed E-state index contributed by atoms with van der Waals surface area (Å²) in [6.45, 7) is 16.2. The van der Waals surface area contributed by atoms with Crippen molar-refractivity contribution in [3.05, 3.63) is 191 Å². The maximum atomic E-state index is 7.34. The summed E-state index contributed by atoms with van der Waals surface area (Å²) in [7, 11) is 0. The number of para-hydroxylation sites is 6. The second kappa shape index (κ2) is 19.6. The third kappa shape index (κ3) is 7.80. The Morgan fingerprint density at radius 2 is 0.895 bits per heavy atom.